The second-order valence-corrected chi connectivity index (χ2v) is 4.86. The van der Waals surface area contributed by atoms with E-state index in [1.165, 1.54) is 0 Å². The molecule has 0 saturated carbocycles. The third kappa shape index (κ3) is 5.68. The number of carbonyl (C=O) groups is 2. The van der Waals surface area contributed by atoms with E-state index < -0.39 is 24.0 Å². The first-order valence-electron chi connectivity index (χ1n) is 6.00. The van der Waals surface area contributed by atoms with Gasteiger partial charge in [-0.25, -0.2) is 4.79 Å². The van der Waals surface area contributed by atoms with E-state index in [0.29, 0.717) is 12.8 Å². The minimum Gasteiger partial charge on any atom is -0.480 e. The zero-order valence-corrected chi connectivity index (χ0v) is 10.9. The van der Waals surface area contributed by atoms with E-state index in [9.17, 15) is 14.7 Å². The second-order valence-electron chi connectivity index (χ2n) is 4.86. The van der Waals surface area contributed by atoms with Gasteiger partial charge in [0.1, 0.15) is 12.1 Å². The Morgan fingerprint density at radius 2 is 1.76 bits per heavy atom. The molecule has 0 unspecified atom stereocenters. The van der Waals surface area contributed by atoms with Gasteiger partial charge in [0.2, 0.25) is 5.91 Å². The fraction of sp³-hybridized carbons (Fsp3) is 0.833. The number of hydrogen-bond donors (Lipinski definition) is 3. The molecule has 100 valence electrons. The molecule has 0 radical (unpaired) electrons. The molecule has 0 rings (SSSR count). The lowest BCUT2D eigenvalue weighted by Gasteiger charge is -2.22. The summed E-state index contributed by atoms with van der Waals surface area (Å²) in [6.07, 6.45) is -0.156. The fourth-order valence-corrected chi connectivity index (χ4v) is 1.49. The molecule has 1 amide bonds. The minimum absolute atomic E-state index is 0.164. The first kappa shape index (κ1) is 15.9. The first-order chi connectivity index (χ1) is 7.79. The van der Waals surface area contributed by atoms with E-state index in [-0.39, 0.29) is 11.8 Å². The average Bonchev–Trinajstić information content (AvgIpc) is 2.22. The van der Waals surface area contributed by atoms with E-state index in [2.05, 4.69) is 5.32 Å². The smallest absolute Gasteiger partial charge is 0.326 e. The quantitative estimate of drug-likeness (QED) is 0.624. The van der Waals surface area contributed by atoms with Crippen LogP contribution in [0.1, 0.15) is 40.5 Å². The number of aliphatic hydroxyl groups is 1. The highest BCUT2D eigenvalue weighted by molar-refractivity contribution is 5.86. The standard InChI is InChI=1S/C12H23NO4/c1-5-8(4)10(12(16)17)13-11(15)9(14)6-7(2)3/h7-10,14H,5-6H2,1-4H3,(H,13,15)(H,16,17)/t8-,9-,10-/m1/s1. The summed E-state index contributed by atoms with van der Waals surface area (Å²) in [6.45, 7) is 7.39. The van der Waals surface area contributed by atoms with E-state index in [1.54, 1.807) is 6.92 Å². The number of nitrogens with one attached hydrogen (secondary N) is 1. The van der Waals surface area contributed by atoms with Gasteiger partial charge in [0.15, 0.2) is 0 Å². The van der Waals surface area contributed by atoms with Gasteiger partial charge < -0.3 is 15.5 Å². The molecule has 0 aromatic heterocycles. The lowest BCUT2D eigenvalue weighted by Crippen LogP contribution is -2.48. The second kappa shape index (κ2) is 7.27. The van der Waals surface area contributed by atoms with Crippen molar-refractivity contribution in [2.75, 3.05) is 0 Å². The van der Waals surface area contributed by atoms with Crippen molar-refractivity contribution in [3.05, 3.63) is 0 Å². The molecule has 0 spiro atoms. The molecule has 5 heteroatoms. The predicted octanol–water partition coefficient (Wildman–Crippen LogP) is 1.01. The maximum Gasteiger partial charge on any atom is 0.326 e. The number of aliphatic hydroxyl groups excluding tert-OH is 1. The summed E-state index contributed by atoms with van der Waals surface area (Å²) in [4.78, 5) is 22.6. The van der Waals surface area contributed by atoms with Crippen LogP contribution in [0.2, 0.25) is 0 Å². The summed E-state index contributed by atoms with van der Waals surface area (Å²) < 4.78 is 0. The Bertz CT molecular complexity index is 265. The van der Waals surface area contributed by atoms with Crippen LogP contribution >= 0.6 is 0 Å². The SMILES string of the molecule is CC[C@@H](C)[C@@H](NC(=O)[C@H](O)CC(C)C)C(=O)O. The highest BCUT2D eigenvalue weighted by Gasteiger charge is 2.27. The molecule has 0 aliphatic heterocycles. The Morgan fingerprint density at radius 3 is 2.12 bits per heavy atom. The molecular weight excluding hydrogens is 222 g/mol. The Hall–Kier alpha value is -1.10. The zero-order valence-electron chi connectivity index (χ0n) is 10.9. The van der Waals surface area contributed by atoms with Crippen molar-refractivity contribution in [2.24, 2.45) is 11.8 Å². The van der Waals surface area contributed by atoms with Crippen LogP contribution < -0.4 is 5.32 Å². The Balaban J connectivity index is 4.45. The molecule has 0 aromatic rings. The highest BCUT2D eigenvalue weighted by atomic mass is 16.4. The van der Waals surface area contributed by atoms with Crippen molar-refractivity contribution in [2.45, 2.75) is 52.7 Å². The van der Waals surface area contributed by atoms with Crippen LogP contribution in [0.25, 0.3) is 0 Å². The van der Waals surface area contributed by atoms with E-state index in [4.69, 9.17) is 5.11 Å². The van der Waals surface area contributed by atoms with E-state index in [1.807, 2.05) is 20.8 Å². The van der Waals surface area contributed by atoms with Crippen LogP contribution in [0.15, 0.2) is 0 Å². The van der Waals surface area contributed by atoms with Crippen molar-refractivity contribution in [1.29, 1.82) is 0 Å². The molecule has 3 N–H and O–H groups in total. The number of aliphatic carboxylic acids is 1. The van der Waals surface area contributed by atoms with Crippen LogP contribution in [-0.2, 0) is 9.59 Å². The predicted molar refractivity (Wildman–Crippen MR) is 64.5 cm³/mol. The maximum absolute atomic E-state index is 11.6. The van der Waals surface area contributed by atoms with Gasteiger partial charge in [0, 0.05) is 0 Å². The zero-order chi connectivity index (χ0) is 13.6. The lowest BCUT2D eigenvalue weighted by molar-refractivity contribution is -0.145. The van der Waals surface area contributed by atoms with E-state index in [0.717, 1.165) is 0 Å². The van der Waals surface area contributed by atoms with Gasteiger partial charge in [-0.3, -0.25) is 4.79 Å². The third-order valence-corrected chi connectivity index (χ3v) is 2.77. The summed E-state index contributed by atoms with van der Waals surface area (Å²) in [7, 11) is 0. The van der Waals surface area contributed by atoms with Crippen LogP contribution in [0, 0.1) is 11.8 Å². The number of carboxylic acids is 1. The van der Waals surface area contributed by atoms with Crippen molar-refractivity contribution in [3.8, 4) is 0 Å². The number of hydrogen-bond acceptors (Lipinski definition) is 3. The molecule has 0 aromatic carbocycles. The molecule has 0 heterocycles. The van der Waals surface area contributed by atoms with Crippen LogP contribution in [0.5, 0.6) is 0 Å². The van der Waals surface area contributed by atoms with Crippen molar-refractivity contribution in [1.82, 2.24) is 5.32 Å². The van der Waals surface area contributed by atoms with Crippen LogP contribution in [-0.4, -0.2) is 34.2 Å². The maximum atomic E-state index is 11.6. The van der Waals surface area contributed by atoms with Crippen molar-refractivity contribution in [3.63, 3.8) is 0 Å². The monoisotopic (exact) mass is 245 g/mol. The summed E-state index contributed by atoms with van der Waals surface area (Å²) in [6, 6.07) is -0.936. The molecule has 0 bridgehead atoms. The van der Waals surface area contributed by atoms with Gasteiger partial charge >= 0.3 is 5.97 Å². The number of carbonyl (C=O) groups excluding carboxylic acids is 1. The number of carboxylic acid groups (broad SMARTS) is 1. The largest absolute Gasteiger partial charge is 0.480 e. The summed E-state index contributed by atoms with van der Waals surface area (Å²) >= 11 is 0. The topological polar surface area (TPSA) is 86.6 Å². The highest BCUT2D eigenvalue weighted by Crippen LogP contribution is 2.10. The molecule has 0 aliphatic carbocycles. The molecule has 5 nitrogen and oxygen atoms in total. The molecule has 0 aliphatic rings. The molecule has 17 heavy (non-hydrogen) atoms. The normalized spacial score (nSPS) is 16.4. The van der Waals surface area contributed by atoms with E-state index >= 15 is 0 Å². The van der Waals surface area contributed by atoms with Crippen molar-refractivity contribution >= 4 is 11.9 Å². The van der Waals surface area contributed by atoms with Crippen molar-refractivity contribution < 1.29 is 19.8 Å². The first-order valence-corrected chi connectivity index (χ1v) is 6.00. The average molecular weight is 245 g/mol. The summed E-state index contributed by atoms with van der Waals surface area (Å²) in [5.74, 6) is -1.65. The van der Waals surface area contributed by atoms with Gasteiger partial charge in [-0.15, -0.1) is 0 Å². The fourth-order valence-electron chi connectivity index (χ4n) is 1.49. The molecule has 0 fully saturated rings. The summed E-state index contributed by atoms with van der Waals surface area (Å²) in [5, 5.41) is 20.9. The Morgan fingerprint density at radius 1 is 1.24 bits per heavy atom. The molecule has 0 saturated heterocycles. The summed E-state index contributed by atoms with van der Waals surface area (Å²) in [5.41, 5.74) is 0. The van der Waals surface area contributed by atoms with Crippen LogP contribution in [0.3, 0.4) is 0 Å². The van der Waals surface area contributed by atoms with Crippen LogP contribution in [0.4, 0.5) is 0 Å². The third-order valence-electron chi connectivity index (χ3n) is 2.77. The molecular formula is C12H23NO4. The van der Waals surface area contributed by atoms with Gasteiger partial charge in [-0.2, -0.15) is 0 Å². The van der Waals surface area contributed by atoms with Gasteiger partial charge in [0.25, 0.3) is 0 Å². The van der Waals surface area contributed by atoms with Gasteiger partial charge in [-0.05, 0) is 18.3 Å². The Kier molecular flexibility index (Phi) is 6.80. The van der Waals surface area contributed by atoms with Gasteiger partial charge in [0.05, 0.1) is 0 Å². The van der Waals surface area contributed by atoms with Gasteiger partial charge in [-0.1, -0.05) is 34.1 Å². The number of amides is 1. The molecule has 3 atom stereocenters. The Labute approximate surface area is 102 Å². The number of rotatable bonds is 7. The lowest BCUT2D eigenvalue weighted by atomic mass is 9.98. The minimum atomic E-state index is -1.14.